The van der Waals surface area contributed by atoms with Crippen LogP contribution in [0.4, 0.5) is 18.3 Å². The zero-order valence-corrected chi connectivity index (χ0v) is 18.5. The highest BCUT2D eigenvalue weighted by molar-refractivity contribution is 7.22. The van der Waals surface area contributed by atoms with Crippen LogP contribution in [-0.4, -0.2) is 30.2 Å². The molecular weight excluding hydrogens is 453 g/mol. The fourth-order valence-electron chi connectivity index (χ4n) is 3.23. The summed E-state index contributed by atoms with van der Waals surface area (Å²) in [5.41, 5.74) is 6.86. The second kappa shape index (κ2) is 9.63. The Kier molecular flexibility index (Phi) is 6.66. The Morgan fingerprint density at radius 2 is 1.88 bits per heavy atom. The number of alkyl halides is 3. The number of ether oxygens (including phenoxy) is 2. The maximum Gasteiger partial charge on any atom is 0.417 e. The first-order valence-corrected chi connectivity index (χ1v) is 10.9. The molecule has 4 aromatic rings. The Bertz CT molecular complexity index is 1200. The van der Waals surface area contributed by atoms with Crippen LogP contribution in [0.2, 0.25) is 0 Å². The highest BCUT2D eigenvalue weighted by atomic mass is 32.1. The van der Waals surface area contributed by atoms with Gasteiger partial charge in [-0.3, -0.25) is 0 Å². The molecule has 2 N–H and O–H groups in total. The average molecular weight is 475 g/mol. The number of para-hydroxylation sites is 1. The summed E-state index contributed by atoms with van der Waals surface area (Å²) in [6.45, 7) is 1.63. The zero-order chi connectivity index (χ0) is 23.4. The van der Waals surface area contributed by atoms with Crippen molar-refractivity contribution < 1.29 is 22.6 Å². The largest absolute Gasteiger partial charge is 0.493 e. The van der Waals surface area contributed by atoms with Crippen molar-refractivity contribution in [3.8, 4) is 17.4 Å². The van der Waals surface area contributed by atoms with Crippen molar-refractivity contribution >= 4 is 26.7 Å². The van der Waals surface area contributed by atoms with Crippen LogP contribution in [0.15, 0.2) is 60.8 Å². The first-order valence-electron chi connectivity index (χ1n) is 10.1. The Morgan fingerprint density at radius 1 is 1.06 bits per heavy atom. The van der Waals surface area contributed by atoms with E-state index in [9.17, 15) is 13.2 Å². The van der Waals surface area contributed by atoms with Gasteiger partial charge in [0.2, 0.25) is 5.88 Å². The molecule has 2 aromatic heterocycles. The van der Waals surface area contributed by atoms with Crippen molar-refractivity contribution in [1.82, 2.24) is 9.97 Å². The van der Waals surface area contributed by atoms with E-state index < -0.39 is 11.7 Å². The lowest BCUT2D eigenvalue weighted by Crippen LogP contribution is -2.28. The van der Waals surface area contributed by atoms with E-state index in [1.54, 1.807) is 17.4 Å². The van der Waals surface area contributed by atoms with Crippen LogP contribution in [0.25, 0.3) is 10.2 Å². The molecule has 0 amide bonds. The summed E-state index contributed by atoms with van der Waals surface area (Å²) in [6.07, 6.45) is -3.72. The molecule has 2 aromatic carbocycles. The lowest BCUT2D eigenvalue weighted by molar-refractivity contribution is -0.137. The second-order valence-corrected chi connectivity index (χ2v) is 8.15. The number of nitrogens with two attached hydrogens (primary N) is 1. The van der Waals surface area contributed by atoms with Gasteiger partial charge in [-0.15, -0.1) is 0 Å². The van der Waals surface area contributed by atoms with E-state index in [0.717, 1.165) is 33.2 Å². The Morgan fingerprint density at radius 3 is 2.55 bits per heavy atom. The number of fused-ring (bicyclic) bond motifs is 1. The van der Waals surface area contributed by atoms with Crippen LogP contribution in [-0.2, 0) is 12.7 Å². The van der Waals surface area contributed by atoms with E-state index in [1.165, 1.54) is 13.2 Å². The molecule has 0 atom stereocenters. The number of benzene rings is 2. The van der Waals surface area contributed by atoms with Gasteiger partial charge < -0.3 is 20.1 Å². The van der Waals surface area contributed by atoms with E-state index in [1.807, 2.05) is 36.4 Å². The molecular formula is C23H21F3N4O2S. The predicted molar refractivity (Wildman–Crippen MR) is 122 cm³/mol. The molecule has 0 aliphatic carbocycles. The van der Waals surface area contributed by atoms with Gasteiger partial charge in [-0.1, -0.05) is 29.5 Å². The van der Waals surface area contributed by atoms with Gasteiger partial charge in [-0.2, -0.15) is 13.2 Å². The number of thiazole rings is 1. The van der Waals surface area contributed by atoms with Crippen LogP contribution < -0.4 is 20.1 Å². The molecule has 0 spiro atoms. The van der Waals surface area contributed by atoms with Gasteiger partial charge >= 0.3 is 6.18 Å². The fraction of sp³-hybridized carbons (Fsp3) is 0.217. The summed E-state index contributed by atoms with van der Waals surface area (Å²) in [5.74, 6) is 0.818. The van der Waals surface area contributed by atoms with Crippen molar-refractivity contribution in [2.75, 3.05) is 25.1 Å². The van der Waals surface area contributed by atoms with Gasteiger partial charge in [-0.05, 0) is 35.9 Å². The quantitative estimate of drug-likeness (QED) is 0.365. The Labute approximate surface area is 192 Å². The van der Waals surface area contributed by atoms with Crippen molar-refractivity contribution in [3.05, 3.63) is 71.9 Å². The molecule has 2 heterocycles. The topological polar surface area (TPSA) is 73.5 Å². The highest BCUT2D eigenvalue weighted by Gasteiger charge is 2.30. The molecule has 0 saturated carbocycles. The van der Waals surface area contributed by atoms with Crippen LogP contribution in [0.3, 0.4) is 0 Å². The second-order valence-electron chi connectivity index (χ2n) is 7.14. The third-order valence-corrected chi connectivity index (χ3v) is 5.93. The summed E-state index contributed by atoms with van der Waals surface area (Å²) in [7, 11) is 1.50. The number of hydrogen-bond donors (Lipinski definition) is 1. The van der Waals surface area contributed by atoms with Crippen molar-refractivity contribution in [3.63, 3.8) is 0 Å². The normalized spacial score (nSPS) is 11.5. The summed E-state index contributed by atoms with van der Waals surface area (Å²) in [4.78, 5) is 10.6. The molecule has 10 heteroatoms. The molecule has 0 radical (unpaired) electrons. The number of halogens is 3. The SMILES string of the molecule is COc1cc(CN(CCN)c2nc3ccccc3s2)ccc1Oc1ccc(C(F)(F)F)cn1. The lowest BCUT2D eigenvalue weighted by Gasteiger charge is -2.21. The number of pyridine rings is 1. The summed E-state index contributed by atoms with van der Waals surface area (Å²) >= 11 is 1.60. The molecule has 0 unspecified atom stereocenters. The molecule has 172 valence electrons. The number of hydrogen-bond acceptors (Lipinski definition) is 7. The van der Waals surface area contributed by atoms with E-state index in [-0.39, 0.29) is 5.88 Å². The number of nitrogens with zero attached hydrogens (tertiary/aromatic N) is 3. The summed E-state index contributed by atoms with van der Waals surface area (Å²) in [5, 5.41) is 0.870. The van der Waals surface area contributed by atoms with Gasteiger partial charge in [0.05, 0.1) is 22.9 Å². The van der Waals surface area contributed by atoms with Crippen LogP contribution in [0, 0.1) is 0 Å². The maximum absolute atomic E-state index is 12.7. The van der Waals surface area contributed by atoms with E-state index in [4.69, 9.17) is 20.2 Å². The molecule has 0 aliphatic heterocycles. The van der Waals surface area contributed by atoms with Gasteiger partial charge in [-0.25, -0.2) is 9.97 Å². The number of methoxy groups -OCH3 is 1. The minimum atomic E-state index is -4.45. The third-order valence-electron chi connectivity index (χ3n) is 4.83. The Balaban J connectivity index is 1.53. The number of aromatic nitrogens is 2. The summed E-state index contributed by atoms with van der Waals surface area (Å²) in [6, 6.07) is 15.4. The monoisotopic (exact) mass is 474 g/mol. The van der Waals surface area contributed by atoms with Gasteiger partial charge in [0.15, 0.2) is 16.6 Å². The Hall–Kier alpha value is -3.37. The highest BCUT2D eigenvalue weighted by Crippen LogP contribution is 2.35. The first kappa shape index (κ1) is 22.8. The average Bonchev–Trinajstić information content (AvgIpc) is 3.24. The number of anilines is 1. The molecule has 6 nitrogen and oxygen atoms in total. The van der Waals surface area contributed by atoms with Gasteiger partial charge in [0, 0.05) is 31.9 Å². The lowest BCUT2D eigenvalue weighted by atomic mass is 10.2. The molecule has 4 rings (SSSR count). The van der Waals surface area contributed by atoms with Crippen LogP contribution in [0.5, 0.6) is 17.4 Å². The van der Waals surface area contributed by atoms with Crippen molar-refractivity contribution in [2.45, 2.75) is 12.7 Å². The van der Waals surface area contributed by atoms with E-state index in [2.05, 4.69) is 9.88 Å². The molecule has 0 saturated heterocycles. The fourth-order valence-corrected chi connectivity index (χ4v) is 4.22. The zero-order valence-electron chi connectivity index (χ0n) is 17.7. The van der Waals surface area contributed by atoms with Crippen LogP contribution >= 0.6 is 11.3 Å². The van der Waals surface area contributed by atoms with Crippen molar-refractivity contribution in [2.24, 2.45) is 5.73 Å². The molecule has 33 heavy (non-hydrogen) atoms. The van der Waals surface area contributed by atoms with Gasteiger partial charge in [0.1, 0.15) is 0 Å². The first-order chi connectivity index (χ1) is 15.9. The minimum absolute atomic E-state index is 0.0354. The van der Waals surface area contributed by atoms with E-state index in [0.29, 0.717) is 31.1 Å². The standard InChI is InChI=1S/C23H21F3N4O2S/c1-31-19-12-15(6-8-18(19)32-21-9-7-16(13-28-21)23(24,25)26)14-30(11-10-27)22-29-17-4-2-3-5-20(17)33-22/h2-9,12-13H,10-11,14,27H2,1H3. The molecule has 0 aliphatic rings. The minimum Gasteiger partial charge on any atom is -0.493 e. The van der Waals surface area contributed by atoms with E-state index >= 15 is 0 Å². The predicted octanol–water partition coefficient (Wildman–Crippen LogP) is 5.48. The smallest absolute Gasteiger partial charge is 0.417 e. The van der Waals surface area contributed by atoms with Crippen LogP contribution in [0.1, 0.15) is 11.1 Å². The molecule has 0 fully saturated rings. The number of rotatable bonds is 8. The van der Waals surface area contributed by atoms with Gasteiger partial charge in [0.25, 0.3) is 0 Å². The summed E-state index contributed by atoms with van der Waals surface area (Å²) < 4.78 is 50.4. The van der Waals surface area contributed by atoms with Crippen molar-refractivity contribution in [1.29, 1.82) is 0 Å². The maximum atomic E-state index is 12.7. The third kappa shape index (κ3) is 5.35. The molecule has 0 bridgehead atoms.